The van der Waals surface area contributed by atoms with E-state index in [9.17, 15) is 13.2 Å². The number of para-hydroxylation sites is 1. The molecule has 1 aromatic rings. The predicted molar refractivity (Wildman–Crippen MR) is 90.9 cm³/mol. The van der Waals surface area contributed by atoms with Gasteiger partial charge in [0.15, 0.2) is 9.84 Å². The monoisotopic (exact) mass is 334 g/mol. The van der Waals surface area contributed by atoms with E-state index in [2.05, 4.69) is 4.90 Å². The highest BCUT2D eigenvalue weighted by Crippen LogP contribution is 2.23. The third kappa shape index (κ3) is 4.00. The molecular formula is C17H22N2O3S. The molecule has 6 heteroatoms. The summed E-state index contributed by atoms with van der Waals surface area (Å²) in [5, 5.41) is 1.22. The van der Waals surface area contributed by atoms with Crippen LogP contribution in [0.25, 0.3) is 0 Å². The fourth-order valence-corrected chi connectivity index (χ4v) is 4.48. The minimum Gasteiger partial charge on any atom is -0.303 e. The van der Waals surface area contributed by atoms with Crippen molar-refractivity contribution in [3.05, 3.63) is 41.8 Å². The molecule has 1 aromatic carbocycles. The maximum Gasteiger partial charge on any atom is 0.241 e. The molecule has 0 bridgehead atoms. The molecule has 0 spiro atoms. The first-order chi connectivity index (χ1) is 11.1. The summed E-state index contributed by atoms with van der Waals surface area (Å²) in [6.45, 7) is 2.22. The molecule has 1 atom stereocenters. The molecule has 1 fully saturated rings. The van der Waals surface area contributed by atoms with Crippen molar-refractivity contribution in [3.63, 3.8) is 0 Å². The summed E-state index contributed by atoms with van der Waals surface area (Å²) >= 11 is 0. The van der Waals surface area contributed by atoms with E-state index in [-0.39, 0.29) is 11.7 Å². The molecule has 23 heavy (non-hydrogen) atoms. The van der Waals surface area contributed by atoms with Gasteiger partial charge in [-0.1, -0.05) is 24.6 Å². The van der Waals surface area contributed by atoms with Crippen LogP contribution >= 0.6 is 0 Å². The molecule has 124 valence electrons. The van der Waals surface area contributed by atoms with Gasteiger partial charge in [0, 0.05) is 11.1 Å². The summed E-state index contributed by atoms with van der Waals surface area (Å²) in [6.07, 6.45) is 5.08. The van der Waals surface area contributed by atoms with Crippen LogP contribution in [0.5, 0.6) is 0 Å². The zero-order valence-corrected chi connectivity index (χ0v) is 13.9. The van der Waals surface area contributed by atoms with Gasteiger partial charge in [0.2, 0.25) is 5.91 Å². The van der Waals surface area contributed by atoms with E-state index < -0.39 is 15.9 Å². The number of likely N-dealkylation sites (tertiary alicyclic amines) is 1. The van der Waals surface area contributed by atoms with Gasteiger partial charge in [0.25, 0.3) is 0 Å². The van der Waals surface area contributed by atoms with E-state index in [1.807, 2.05) is 30.3 Å². The third-order valence-electron chi connectivity index (χ3n) is 4.35. The van der Waals surface area contributed by atoms with Crippen molar-refractivity contribution < 1.29 is 13.2 Å². The Morgan fingerprint density at radius 3 is 2.43 bits per heavy atom. The van der Waals surface area contributed by atoms with E-state index in [4.69, 9.17) is 0 Å². The molecular weight excluding hydrogens is 312 g/mol. The lowest BCUT2D eigenvalue weighted by Gasteiger charge is -2.32. The maximum absolute atomic E-state index is 12.9. The van der Waals surface area contributed by atoms with Crippen molar-refractivity contribution in [1.29, 1.82) is 0 Å². The highest BCUT2D eigenvalue weighted by Gasteiger charge is 2.32. The van der Waals surface area contributed by atoms with E-state index in [1.165, 1.54) is 11.8 Å². The van der Waals surface area contributed by atoms with E-state index in [0.717, 1.165) is 31.6 Å². The molecule has 0 saturated carbocycles. The Balaban J connectivity index is 1.80. The van der Waals surface area contributed by atoms with Crippen LogP contribution in [0.4, 0.5) is 5.69 Å². The molecule has 3 rings (SSSR count). The average molecular weight is 334 g/mol. The SMILES string of the molecule is O=C(CN1CCCCC1)N(c1ccccc1)[C@H]1C=CS(=O)(=O)C1. The van der Waals surface area contributed by atoms with Crippen molar-refractivity contribution in [3.8, 4) is 0 Å². The van der Waals surface area contributed by atoms with Crippen LogP contribution in [0.15, 0.2) is 41.8 Å². The Hall–Kier alpha value is -1.66. The number of anilines is 1. The molecule has 2 heterocycles. The Kier molecular flexibility index (Phi) is 4.82. The van der Waals surface area contributed by atoms with Gasteiger partial charge in [0.1, 0.15) is 0 Å². The second-order valence-corrected chi connectivity index (χ2v) is 8.09. The van der Waals surface area contributed by atoms with E-state index in [1.54, 1.807) is 11.0 Å². The largest absolute Gasteiger partial charge is 0.303 e. The molecule has 2 aliphatic heterocycles. The predicted octanol–water partition coefficient (Wildman–Crippen LogP) is 1.82. The minimum atomic E-state index is -3.20. The number of amides is 1. The fourth-order valence-electron chi connectivity index (χ4n) is 3.21. The number of benzene rings is 1. The van der Waals surface area contributed by atoms with Gasteiger partial charge >= 0.3 is 0 Å². The molecule has 1 saturated heterocycles. The summed E-state index contributed by atoms with van der Waals surface area (Å²) in [4.78, 5) is 16.7. The lowest BCUT2D eigenvalue weighted by atomic mass is 10.1. The summed E-state index contributed by atoms with van der Waals surface area (Å²) < 4.78 is 23.5. The Bertz CT molecular complexity index is 679. The van der Waals surface area contributed by atoms with Crippen LogP contribution in [0.1, 0.15) is 19.3 Å². The normalized spacial score (nSPS) is 23.7. The molecule has 0 aliphatic carbocycles. The highest BCUT2D eigenvalue weighted by atomic mass is 32.2. The highest BCUT2D eigenvalue weighted by molar-refractivity contribution is 7.94. The van der Waals surface area contributed by atoms with Crippen LogP contribution in [0.3, 0.4) is 0 Å². The summed E-state index contributed by atoms with van der Waals surface area (Å²) in [5.41, 5.74) is 0.751. The van der Waals surface area contributed by atoms with Gasteiger partial charge in [-0.05, 0) is 44.1 Å². The van der Waals surface area contributed by atoms with Gasteiger partial charge in [0.05, 0.1) is 18.3 Å². The minimum absolute atomic E-state index is 0.0341. The molecule has 0 N–H and O–H groups in total. The molecule has 1 amide bonds. The number of carbonyl (C=O) groups is 1. The first-order valence-electron chi connectivity index (χ1n) is 8.06. The van der Waals surface area contributed by atoms with Crippen molar-refractivity contribution in [2.75, 3.05) is 30.3 Å². The van der Waals surface area contributed by atoms with Crippen molar-refractivity contribution in [2.45, 2.75) is 25.3 Å². The van der Waals surface area contributed by atoms with Crippen molar-refractivity contribution in [1.82, 2.24) is 4.90 Å². The van der Waals surface area contributed by atoms with E-state index in [0.29, 0.717) is 6.54 Å². The molecule has 0 radical (unpaired) electrons. The summed E-state index contributed by atoms with van der Waals surface area (Å²) in [6, 6.07) is 8.91. The molecule has 5 nitrogen and oxygen atoms in total. The van der Waals surface area contributed by atoms with Crippen molar-refractivity contribution >= 4 is 21.4 Å². The lowest BCUT2D eigenvalue weighted by Crippen LogP contribution is -2.47. The first kappa shape index (κ1) is 16.2. The Morgan fingerprint density at radius 2 is 1.83 bits per heavy atom. The number of hydrogen-bond acceptors (Lipinski definition) is 4. The van der Waals surface area contributed by atoms with Gasteiger partial charge in [-0.2, -0.15) is 0 Å². The average Bonchev–Trinajstić information content (AvgIpc) is 2.89. The van der Waals surface area contributed by atoms with Crippen molar-refractivity contribution in [2.24, 2.45) is 0 Å². The first-order valence-corrected chi connectivity index (χ1v) is 9.77. The molecule has 0 aromatic heterocycles. The number of nitrogens with zero attached hydrogens (tertiary/aromatic N) is 2. The van der Waals surface area contributed by atoms with Gasteiger partial charge < -0.3 is 4.90 Å². The number of rotatable bonds is 4. The van der Waals surface area contributed by atoms with Crippen LogP contribution in [0.2, 0.25) is 0 Å². The zero-order chi connectivity index (χ0) is 16.3. The van der Waals surface area contributed by atoms with E-state index >= 15 is 0 Å². The second-order valence-electron chi connectivity index (χ2n) is 6.16. The van der Waals surface area contributed by atoms with Crippen LogP contribution in [0, 0.1) is 0 Å². The lowest BCUT2D eigenvalue weighted by molar-refractivity contribution is -0.120. The zero-order valence-electron chi connectivity index (χ0n) is 13.1. The Morgan fingerprint density at radius 1 is 1.13 bits per heavy atom. The maximum atomic E-state index is 12.9. The van der Waals surface area contributed by atoms with Crippen LogP contribution < -0.4 is 4.90 Å². The topological polar surface area (TPSA) is 57.7 Å². The smallest absolute Gasteiger partial charge is 0.241 e. The molecule has 2 aliphatic rings. The Labute approximate surface area is 137 Å². The van der Waals surface area contributed by atoms with Gasteiger partial charge in [-0.15, -0.1) is 0 Å². The quantitative estimate of drug-likeness (QED) is 0.843. The number of sulfone groups is 1. The van der Waals surface area contributed by atoms with Crippen LogP contribution in [-0.4, -0.2) is 50.7 Å². The third-order valence-corrected chi connectivity index (χ3v) is 5.73. The number of piperidine rings is 1. The van der Waals surface area contributed by atoms with Crippen LogP contribution in [-0.2, 0) is 14.6 Å². The standard InChI is InChI=1S/C17H22N2O3S/c20-17(13-18-10-5-2-6-11-18)19(15-7-3-1-4-8-15)16-9-12-23(21,22)14-16/h1,3-4,7-9,12,16H,2,5-6,10-11,13-14H2/t16-/m0/s1. The fraction of sp³-hybridized carbons (Fsp3) is 0.471. The number of carbonyl (C=O) groups excluding carboxylic acids is 1. The van der Waals surface area contributed by atoms with Gasteiger partial charge in [-0.25, -0.2) is 8.42 Å². The van der Waals surface area contributed by atoms with Gasteiger partial charge in [-0.3, -0.25) is 9.69 Å². The summed E-state index contributed by atoms with van der Waals surface area (Å²) in [5.74, 6) is -0.0713. The second kappa shape index (κ2) is 6.84. The number of hydrogen-bond donors (Lipinski definition) is 0. The molecule has 0 unspecified atom stereocenters. The summed E-state index contributed by atoms with van der Waals surface area (Å²) in [7, 11) is -3.20.